The summed E-state index contributed by atoms with van der Waals surface area (Å²) in [6.45, 7) is 0.699. The van der Waals surface area contributed by atoms with Crippen LogP contribution in [0.2, 0.25) is 10.0 Å². The Labute approximate surface area is 244 Å². The van der Waals surface area contributed by atoms with E-state index in [1.54, 1.807) is 0 Å². The molecule has 13 nitrogen and oxygen atoms in total. The fraction of sp³-hybridized carbons (Fsp3) is 0.160. The van der Waals surface area contributed by atoms with E-state index < -0.39 is 34.3 Å². The van der Waals surface area contributed by atoms with E-state index in [0.29, 0.717) is 22.2 Å². The van der Waals surface area contributed by atoms with Crippen LogP contribution in [0.15, 0.2) is 69.0 Å². The van der Waals surface area contributed by atoms with E-state index in [9.17, 15) is 27.6 Å². The van der Waals surface area contributed by atoms with Gasteiger partial charge in [0.05, 0.1) is 34.2 Å². The van der Waals surface area contributed by atoms with Gasteiger partial charge in [0.1, 0.15) is 11.5 Å². The fourth-order valence-corrected chi connectivity index (χ4v) is 4.58. The zero-order valence-corrected chi connectivity index (χ0v) is 23.9. The van der Waals surface area contributed by atoms with Gasteiger partial charge in [0.2, 0.25) is 15.9 Å². The normalized spacial score (nSPS) is 11.3. The van der Waals surface area contributed by atoms with Crippen molar-refractivity contribution in [3.8, 4) is 0 Å². The summed E-state index contributed by atoms with van der Waals surface area (Å²) in [5, 5.41) is 11.6. The molecule has 1 heterocycles. The molecule has 0 saturated carbocycles. The molecule has 0 aliphatic rings. The summed E-state index contributed by atoms with van der Waals surface area (Å²) in [4.78, 5) is 47.4. The second-order valence-electron chi connectivity index (χ2n) is 8.33. The maximum Gasteiger partial charge on any atom is 0.313 e. The van der Waals surface area contributed by atoms with Crippen molar-refractivity contribution in [2.24, 2.45) is 5.10 Å². The highest BCUT2D eigenvalue weighted by Gasteiger charge is 2.23. The molecule has 3 aromatic rings. The lowest BCUT2D eigenvalue weighted by Crippen LogP contribution is -2.36. The van der Waals surface area contributed by atoms with Crippen LogP contribution < -0.4 is 21.4 Å². The Morgan fingerprint density at radius 1 is 0.927 bits per heavy atom. The molecule has 1 aromatic heterocycles. The summed E-state index contributed by atoms with van der Waals surface area (Å²) in [6, 6.07) is 12.9. The molecule has 0 unspecified atom stereocenters. The Balaban J connectivity index is 1.45. The number of nitrogens with one attached hydrogen (secondary N) is 4. The van der Waals surface area contributed by atoms with Gasteiger partial charge in [-0.3, -0.25) is 19.2 Å². The zero-order chi connectivity index (χ0) is 30.2. The smallest absolute Gasteiger partial charge is 0.313 e. The first-order valence-electron chi connectivity index (χ1n) is 11.6. The largest absolute Gasteiger partial charge is 0.458 e. The minimum Gasteiger partial charge on any atom is -0.458 e. The van der Waals surface area contributed by atoms with Crippen LogP contribution in [-0.2, 0) is 35.7 Å². The number of carbonyl (C=O) groups excluding carboxylic acids is 4. The predicted octanol–water partition coefficient (Wildman–Crippen LogP) is 2.57. The maximum atomic E-state index is 12.7. The summed E-state index contributed by atoms with van der Waals surface area (Å²) < 4.78 is 31.7. The molecule has 0 fully saturated rings. The minimum absolute atomic E-state index is 0.0625. The third-order valence-electron chi connectivity index (χ3n) is 5.12. The van der Waals surface area contributed by atoms with Gasteiger partial charge in [-0.25, -0.2) is 13.8 Å². The van der Waals surface area contributed by atoms with Crippen LogP contribution in [0.3, 0.4) is 0 Å². The van der Waals surface area contributed by atoms with Gasteiger partial charge in [-0.2, -0.15) is 9.41 Å². The van der Waals surface area contributed by atoms with Crippen molar-refractivity contribution in [3.05, 3.63) is 76.2 Å². The number of hydrogen-bond donors (Lipinski definition) is 4. The number of rotatable bonds is 10. The Bertz CT molecular complexity index is 1590. The number of benzene rings is 2. The van der Waals surface area contributed by atoms with E-state index in [-0.39, 0.29) is 28.1 Å². The molecule has 41 heavy (non-hydrogen) atoms. The zero-order valence-electron chi connectivity index (χ0n) is 21.6. The van der Waals surface area contributed by atoms with Crippen LogP contribution >= 0.6 is 23.2 Å². The second kappa shape index (κ2) is 13.9. The maximum absolute atomic E-state index is 12.7. The summed E-state index contributed by atoms with van der Waals surface area (Å²) in [6.07, 6.45) is 1.18. The van der Waals surface area contributed by atoms with Crippen molar-refractivity contribution in [1.29, 1.82) is 0 Å². The van der Waals surface area contributed by atoms with Crippen molar-refractivity contribution in [2.45, 2.75) is 18.4 Å². The van der Waals surface area contributed by atoms with Gasteiger partial charge in [0, 0.05) is 25.3 Å². The van der Waals surface area contributed by atoms with E-state index in [1.807, 2.05) is 0 Å². The van der Waals surface area contributed by atoms with Crippen LogP contribution in [0.25, 0.3) is 0 Å². The third-order valence-corrected chi connectivity index (χ3v) is 7.68. The molecule has 0 radical (unpaired) electrons. The number of hydrogen-bond acceptors (Lipinski definition) is 8. The number of anilines is 2. The molecule has 16 heteroatoms. The van der Waals surface area contributed by atoms with Crippen LogP contribution in [0.1, 0.15) is 18.4 Å². The van der Waals surface area contributed by atoms with Crippen molar-refractivity contribution in [2.75, 3.05) is 24.2 Å². The Morgan fingerprint density at radius 3 is 2.27 bits per heavy atom. The molecule has 3 rings (SSSR count). The molecule has 0 aliphatic carbocycles. The quantitative estimate of drug-likeness (QED) is 0.152. The van der Waals surface area contributed by atoms with Crippen LogP contribution in [0, 0.1) is 0 Å². The van der Waals surface area contributed by atoms with Crippen molar-refractivity contribution < 1.29 is 32.0 Å². The predicted molar refractivity (Wildman–Crippen MR) is 152 cm³/mol. The van der Waals surface area contributed by atoms with Crippen LogP contribution in [0.5, 0.6) is 0 Å². The van der Waals surface area contributed by atoms with E-state index in [1.165, 1.54) is 74.8 Å². The van der Waals surface area contributed by atoms with Gasteiger partial charge >= 0.3 is 11.8 Å². The standard InChI is InChI=1S/C25H24Cl2N6O7S/c1-15(34)30-16-3-8-20(9-4-16)41(38,39)33(2)14-23(35)32-29-13-19-7-6-18(40-19)12-28-24(36)25(37)31-17-5-10-21(26)22(27)11-17/h3-11,13H,12,14H2,1-2H3,(H,28,36)(H,30,34)(H,31,37)(H,32,35)/b29-13-. The number of amides is 4. The third kappa shape index (κ3) is 9.14. The van der Waals surface area contributed by atoms with Gasteiger partial charge in [0.15, 0.2) is 0 Å². The number of likely N-dealkylation sites (N-methyl/N-ethyl adjacent to an activating group) is 1. The highest BCUT2D eigenvalue weighted by Crippen LogP contribution is 2.25. The summed E-state index contributed by atoms with van der Waals surface area (Å²) in [5.41, 5.74) is 2.92. The molecule has 0 spiro atoms. The number of furan rings is 1. The van der Waals surface area contributed by atoms with Gasteiger partial charge in [-0.15, -0.1) is 0 Å². The molecular formula is C25H24Cl2N6O7S. The highest BCUT2D eigenvalue weighted by molar-refractivity contribution is 7.89. The number of nitrogens with zero attached hydrogens (tertiary/aromatic N) is 2. The lowest BCUT2D eigenvalue weighted by atomic mass is 10.3. The summed E-state index contributed by atoms with van der Waals surface area (Å²) >= 11 is 11.7. The lowest BCUT2D eigenvalue weighted by molar-refractivity contribution is -0.136. The first kappa shape index (κ1) is 31.3. The van der Waals surface area contributed by atoms with Gasteiger partial charge in [-0.05, 0) is 54.6 Å². The molecule has 0 saturated heterocycles. The molecule has 0 atom stereocenters. The van der Waals surface area contributed by atoms with E-state index in [0.717, 1.165) is 4.31 Å². The topological polar surface area (TPSA) is 179 Å². The van der Waals surface area contributed by atoms with E-state index >= 15 is 0 Å². The van der Waals surface area contributed by atoms with Crippen molar-refractivity contribution in [3.63, 3.8) is 0 Å². The van der Waals surface area contributed by atoms with Gasteiger partial charge < -0.3 is 20.4 Å². The summed E-state index contributed by atoms with van der Waals surface area (Å²) in [7, 11) is -2.74. The van der Waals surface area contributed by atoms with Crippen molar-refractivity contribution >= 4 is 74.4 Å². The molecule has 0 aliphatic heterocycles. The minimum atomic E-state index is -3.98. The number of halogens is 2. The molecule has 4 amide bonds. The number of sulfonamides is 1. The highest BCUT2D eigenvalue weighted by atomic mass is 35.5. The SMILES string of the molecule is CC(=O)Nc1ccc(S(=O)(=O)N(C)CC(=O)N/N=C\c2ccc(CNC(=O)C(=O)Nc3ccc(Cl)c(Cl)c3)o2)cc1. The van der Waals surface area contributed by atoms with Crippen LogP contribution in [0.4, 0.5) is 11.4 Å². The van der Waals surface area contributed by atoms with Gasteiger partial charge in [-0.1, -0.05) is 23.2 Å². The van der Waals surface area contributed by atoms with Gasteiger partial charge in [0.25, 0.3) is 5.91 Å². The Hall–Kier alpha value is -4.24. The fourth-order valence-electron chi connectivity index (χ4n) is 3.15. The van der Waals surface area contributed by atoms with Crippen LogP contribution in [-0.4, -0.2) is 56.2 Å². The molecule has 216 valence electrons. The average molecular weight is 623 g/mol. The lowest BCUT2D eigenvalue weighted by Gasteiger charge is -2.16. The number of hydrazone groups is 1. The first-order valence-corrected chi connectivity index (χ1v) is 13.8. The molecule has 0 bridgehead atoms. The molecular weight excluding hydrogens is 599 g/mol. The molecule has 2 aromatic carbocycles. The number of carbonyl (C=O) groups is 4. The Morgan fingerprint density at radius 2 is 1.61 bits per heavy atom. The monoisotopic (exact) mass is 622 g/mol. The van der Waals surface area contributed by atoms with Crippen molar-refractivity contribution in [1.82, 2.24) is 15.0 Å². The second-order valence-corrected chi connectivity index (χ2v) is 11.2. The van der Waals surface area contributed by atoms with E-state index in [4.69, 9.17) is 27.6 Å². The molecule has 4 N–H and O–H groups in total. The summed E-state index contributed by atoms with van der Waals surface area (Å²) in [5.74, 6) is -2.34. The van der Waals surface area contributed by atoms with E-state index in [2.05, 4.69) is 26.5 Å². The first-order chi connectivity index (χ1) is 19.3. The average Bonchev–Trinajstić information content (AvgIpc) is 3.37. The Kier molecular flexibility index (Phi) is 10.6.